The maximum absolute atomic E-state index is 12.2. The van der Waals surface area contributed by atoms with Gasteiger partial charge in [-0.15, -0.1) is 0 Å². The number of carbonyl (C=O) groups excluding carboxylic acids is 1. The van der Waals surface area contributed by atoms with E-state index in [0.717, 1.165) is 22.6 Å². The fourth-order valence-corrected chi connectivity index (χ4v) is 3.28. The van der Waals surface area contributed by atoms with Crippen molar-refractivity contribution in [1.29, 1.82) is 0 Å². The van der Waals surface area contributed by atoms with Gasteiger partial charge in [0.1, 0.15) is 24.1 Å². The Hall–Kier alpha value is -3.06. The zero-order valence-electron chi connectivity index (χ0n) is 15.5. The van der Waals surface area contributed by atoms with E-state index in [9.17, 15) is 14.7 Å². The molecule has 2 aromatic carbocycles. The summed E-state index contributed by atoms with van der Waals surface area (Å²) in [5.41, 5.74) is 7.28. The van der Waals surface area contributed by atoms with Crippen LogP contribution in [0.5, 0.6) is 11.5 Å². The van der Waals surface area contributed by atoms with Crippen molar-refractivity contribution in [2.75, 3.05) is 13.2 Å². The standard InChI is InChI=1S/C21H24N2O5/c22-12-6-5-9-17(20(24)25)23-21(26)27-13-16-14-7-1-3-10-18(14)28-19-11-4-2-8-15(16)19/h1-4,7-8,10-11,16-17H,5-6,9,12-13,22H2,(H,23,26)(H,24,25)/t17-/m0/s1. The molecule has 1 aliphatic heterocycles. The number of nitrogens with two attached hydrogens (primary N) is 1. The first kappa shape index (κ1) is 19.7. The minimum Gasteiger partial charge on any atom is -0.480 e. The molecular formula is C21H24N2O5. The topological polar surface area (TPSA) is 111 Å². The van der Waals surface area contributed by atoms with Crippen molar-refractivity contribution < 1.29 is 24.2 Å². The summed E-state index contributed by atoms with van der Waals surface area (Å²) in [5, 5.41) is 11.7. The van der Waals surface area contributed by atoms with Crippen LogP contribution in [0, 0.1) is 0 Å². The number of aliphatic carboxylic acids is 1. The average Bonchev–Trinajstić information content (AvgIpc) is 2.70. The quantitative estimate of drug-likeness (QED) is 0.603. The molecule has 0 fully saturated rings. The molecule has 7 heteroatoms. The normalized spacial score (nSPS) is 13.6. The fraction of sp³-hybridized carbons (Fsp3) is 0.333. The average molecular weight is 384 g/mol. The summed E-state index contributed by atoms with van der Waals surface area (Å²) in [7, 11) is 0. The van der Waals surface area contributed by atoms with Gasteiger partial charge in [0.25, 0.3) is 0 Å². The van der Waals surface area contributed by atoms with E-state index in [2.05, 4.69) is 5.32 Å². The number of carboxylic acid groups (broad SMARTS) is 1. The third kappa shape index (κ3) is 4.61. The van der Waals surface area contributed by atoms with E-state index in [1.165, 1.54) is 0 Å². The molecule has 28 heavy (non-hydrogen) atoms. The van der Waals surface area contributed by atoms with Crippen molar-refractivity contribution in [3.63, 3.8) is 0 Å². The number of alkyl carbamates (subject to hydrolysis) is 1. The predicted molar refractivity (Wildman–Crippen MR) is 104 cm³/mol. The highest BCUT2D eigenvalue weighted by Gasteiger charge is 2.28. The first-order valence-corrected chi connectivity index (χ1v) is 9.32. The molecule has 1 atom stereocenters. The maximum Gasteiger partial charge on any atom is 0.407 e. The molecule has 3 rings (SSSR count). The van der Waals surface area contributed by atoms with Crippen LogP contribution in [-0.2, 0) is 9.53 Å². The Morgan fingerprint density at radius 3 is 2.25 bits per heavy atom. The van der Waals surface area contributed by atoms with Gasteiger partial charge in [0.2, 0.25) is 0 Å². The second-order valence-corrected chi connectivity index (χ2v) is 6.65. The molecule has 0 unspecified atom stereocenters. The summed E-state index contributed by atoms with van der Waals surface area (Å²) in [6.45, 7) is 0.567. The van der Waals surface area contributed by atoms with Crippen molar-refractivity contribution in [1.82, 2.24) is 5.32 Å². The summed E-state index contributed by atoms with van der Waals surface area (Å²) < 4.78 is 11.3. The number of carbonyl (C=O) groups is 2. The van der Waals surface area contributed by atoms with Crippen LogP contribution in [0.15, 0.2) is 48.5 Å². The Morgan fingerprint density at radius 1 is 1.07 bits per heavy atom. The van der Waals surface area contributed by atoms with Crippen LogP contribution in [0.25, 0.3) is 0 Å². The number of amides is 1. The van der Waals surface area contributed by atoms with Crippen molar-refractivity contribution in [2.45, 2.75) is 31.2 Å². The zero-order valence-corrected chi connectivity index (χ0v) is 15.5. The van der Waals surface area contributed by atoms with Gasteiger partial charge in [0.15, 0.2) is 0 Å². The van der Waals surface area contributed by atoms with Gasteiger partial charge in [-0.05, 0) is 37.9 Å². The summed E-state index contributed by atoms with van der Waals surface area (Å²) in [4.78, 5) is 23.5. The molecule has 0 saturated heterocycles. The third-order valence-electron chi connectivity index (χ3n) is 4.73. The lowest BCUT2D eigenvalue weighted by atomic mass is 9.89. The Labute approximate surface area is 163 Å². The summed E-state index contributed by atoms with van der Waals surface area (Å²) in [5.74, 6) is 0.170. The predicted octanol–water partition coefficient (Wildman–Crippen LogP) is 3.23. The summed E-state index contributed by atoms with van der Waals surface area (Å²) >= 11 is 0. The van der Waals surface area contributed by atoms with Crippen molar-refractivity contribution in [2.24, 2.45) is 5.73 Å². The third-order valence-corrected chi connectivity index (χ3v) is 4.73. The van der Waals surface area contributed by atoms with Crippen molar-refractivity contribution in [3.05, 3.63) is 59.7 Å². The summed E-state index contributed by atoms with van der Waals surface area (Å²) in [6.07, 6.45) is 0.886. The first-order valence-electron chi connectivity index (χ1n) is 9.32. The molecule has 0 radical (unpaired) electrons. The Balaban J connectivity index is 1.67. The van der Waals surface area contributed by atoms with E-state index in [4.69, 9.17) is 15.2 Å². The highest BCUT2D eigenvalue weighted by Crippen LogP contribution is 2.43. The Kier molecular flexibility index (Phi) is 6.49. The SMILES string of the molecule is NCCCC[C@H](NC(=O)OCC1c2ccccc2Oc2ccccc21)C(=O)O. The summed E-state index contributed by atoms with van der Waals surface area (Å²) in [6, 6.07) is 14.2. The molecular weight excluding hydrogens is 360 g/mol. The molecule has 1 heterocycles. The molecule has 1 amide bonds. The molecule has 0 spiro atoms. The van der Waals surface area contributed by atoms with Gasteiger partial charge in [-0.25, -0.2) is 9.59 Å². The lowest BCUT2D eigenvalue weighted by Gasteiger charge is -2.28. The van der Waals surface area contributed by atoms with E-state index in [1.54, 1.807) is 0 Å². The number of unbranched alkanes of at least 4 members (excludes halogenated alkanes) is 1. The van der Waals surface area contributed by atoms with E-state index in [0.29, 0.717) is 25.8 Å². The number of nitrogens with one attached hydrogen (secondary N) is 1. The van der Waals surface area contributed by atoms with Crippen LogP contribution in [-0.4, -0.2) is 36.4 Å². The van der Waals surface area contributed by atoms with Crippen molar-refractivity contribution in [3.8, 4) is 11.5 Å². The molecule has 0 bridgehead atoms. The number of benzene rings is 2. The molecule has 7 nitrogen and oxygen atoms in total. The first-order chi connectivity index (χ1) is 13.6. The number of rotatable bonds is 8. The van der Waals surface area contributed by atoms with Crippen LogP contribution >= 0.6 is 0 Å². The monoisotopic (exact) mass is 384 g/mol. The van der Waals surface area contributed by atoms with Crippen LogP contribution in [0.2, 0.25) is 0 Å². The largest absolute Gasteiger partial charge is 0.480 e. The van der Waals surface area contributed by atoms with Gasteiger partial charge in [0, 0.05) is 11.1 Å². The second kappa shape index (κ2) is 9.23. The van der Waals surface area contributed by atoms with Gasteiger partial charge >= 0.3 is 12.1 Å². The minimum atomic E-state index is -1.09. The van der Waals surface area contributed by atoms with Gasteiger partial charge in [0.05, 0.1) is 5.92 Å². The molecule has 0 saturated carbocycles. The van der Waals surface area contributed by atoms with Gasteiger partial charge in [-0.2, -0.15) is 0 Å². The number of carboxylic acids is 1. The van der Waals surface area contributed by atoms with Crippen LogP contribution in [0.1, 0.15) is 36.3 Å². The lowest BCUT2D eigenvalue weighted by Crippen LogP contribution is -2.41. The fourth-order valence-electron chi connectivity index (χ4n) is 3.28. The smallest absolute Gasteiger partial charge is 0.407 e. The van der Waals surface area contributed by atoms with Crippen LogP contribution < -0.4 is 15.8 Å². The lowest BCUT2D eigenvalue weighted by molar-refractivity contribution is -0.139. The number of hydrogen-bond donors (Lipinski definition) is 3. The Morgan fingerprint density at radius 2 is 1.68 bits per heavy atom. The zero-order chi connectivity index (χ0) is 19.9. The molecule has 1 aliphatic rings. The van der Waals surface area contributed by atoms with Gasteiger partial charge in [-0.1, -0.05) is 36.4 Å². The number of para-hydroxylation sites is 2. The Bertz CT molecular complexity index is 794. The second-order valence-electron chi connectivity index (χ2n) is 6.65. The molecule has 0 aliphatic carbocycles. The van der Waals surface area contributed by atoms with E-state index < -0.39 is 18.1 Å². The van der Waals surface area contributed by atoms with E-state index >= 15 is 0 Å². The molecule has 4 N–H and O–H groups in total. The van der Waals surface area contributed by atoms with Gasteiger partial charge in [-0.3, -0.25) is 0 Å². The molecule has 2 aromatic rings. The van der Waals surface area contributed by atoms with Gasteiger partial charge < -0.3 is 25.6 Å². The number of ether oxygens (including phenoxy) is 2. The highest BCUT2D eigenvalue weighted by atomic mass is 16.5. The minimum absolute atomic E-state index is 0.0817. The molecule has 148 valence electrons. The number of fused-ring (bicyclic) bond motifs is 2. The molecule has 0 aromatic heterocycles. The van der Waals surface area contributed by atoms with Crippen LogP contribution in [0.4, 0.5) is 4.79 Å². The van der Waals surface area contributed by atoms with E-state index in [-0.39, 0.29) is 12.5 Å². The van der Waals surface area contributed by atoms with Crippen molar-refractivity contribution >= 4 is 12.1 Å². The highest BCUT2D eigenvalue weighted by molar-refractivity contribution is 5.79. The van der Waals surface area contributed by atoms with E-state index in [1.807, 2.05) is 48.5 Å². The number of hydrogen-bond acceptors (Lipinski definition) is 5. The van der Waals surface area contributed by atoms with Crippen LogP contribution in [0.3, 0.4) is 0 Å². The maximum atomic E-state index is 12.2.